The molecule has 1 heterocycles. The van der Waals surface area contributed by atoms with E-state index in [-0.39, 0.29) is 11.5 Å². The first kappa shape index (κ1) is 14.1. The average molecular weight is 305 g/mol. The van der Waals surface area contributed by atoms with Crippen molar-refractivity contribution in [2.45, 2.75) is 0 Å². The van der Waals surface area contributed by atoms with Crippen molar-refractivity contribution in [2.24, 2.45) is 0 Å². The van der Waals surface area contributed by atoms with Gasteiger partial charge < -0.3 is 5.11 Å². The summed E-state index contributed by atoms with van der Waals surface area (Å²) in [6, 6.07) is 12.2. The maximum absolute atomic E-state index is 12.5. The molecule has 1 N–H and O–H groups in total. The highest BCUT2D eigenvalue weighted by Crippen LogP contribution is 2.30. The highest BCUT2D eigenvalue weighted by atomic mass is 32.1. The third-order valence-electron chi connectivity index (χ3n) is 3.35. The Balaban J connectivity index is 1.98. The Hall–Kier alpha value is -2.90. The van der Waals surface area contributed by atoms with Gasteiger partial charge >= 0.3 is 0 Å². The standard InChI is InChI=1S/C18H11NO2S/c19-11-12-6-8-13(9-7-12)17(20)14-3-1-4-15(14)18(21)16-5-2-10-22-16/h1-10,20H/b17-14-. The predicted molar refractivity (Wildman–Crippen MR) is 86.6 cm³/mol. The van der Waals surface area contributed by atoms with Crippen LogP contribution in [-0.4, -0.2) is 10.9 Å². The van der Waals surface area contributed by atoms with Crippen molar-refractivity contribution < 1.29 is 9.90 Å². The molecule has 2 aromatic rings. The van der Waals surface area contributed by atoms with E-state index in [1.165, 1.54) is 11.3 Å². The molecule has 1 aliphatic carbocycles. The van der Waals surface area contributed by atoms with Gasteiger partial charge in [-0.1, -0.05) is 24.3 Å². The second-order valence-corrected chi connectivity index (χ2v) is 5.65. The number of aliphatic hydroxyl groups is 1. The lowest BCUT2D eigenvalue weighted by molar-refractivity contribution is 0.104. The molecule has 0 saturated carbocycles. The summed E-state index contributed by atoms with van der Waals surface area (Å²) < 4.78 is 0. The molecule has 0 atom stereocenters. The van der Waals surface area contributed by atoms with E-state index in [2.05, 4.69) is 0 Å². The summed E-state index contributed by atoms with van der Waals surface area (Å²) in [6.45, 7) is 0. The number of carbonyl (C=O) groups is 1. The summed E-state index contributed by atoms with van der Waals surface area (Å²) in [7, 11) is 0. The fourth-order valence-corrected chi connectivity index (χ4v) is 2.90. The van der Waals surface area contributed by atoms with Crippen LogP contribution in [0.4, 0.5) is 0 Å². The number of rotatable bonds is 3. The Kier molecular flexibility index (Phi) is 3.73. The number of aliphatic hydroxyl groups excluding tert-OH is 1. The van der Waals surface area contributed by atoms with Crippen molar-refractivity contribution in [3.63, 3.8) is 0 Å². The maximum atomic E-state index is 12.5. The largest absolute Gasteiger partial charge is 0.507 e. The van der Waals surface area contributed by atoms with Crippen LogP contribution in [0.15, 0.2) is 71.2 Å². The van der Waals surface area contributed by atoms with Gasteiger partial charge in [-0.15, -0.1) is 11.3 Å². The molecular formula is C18H11NO2S. The van der Waals surface area contributed by atoms with E-state index >= 15 is 0 Å². The Morgan fingerprint density at radius 3 is 2.59 bits per heavy atom. The van der Waals surface area contributed by atoms with Crippen LogP contribution < -0.4 is 0 Å². The molecule has 0 aliphatic heterocycles. The number of hydrogen-bond donors (Lipinski definition) is 1. The van der Waals surface area contributed by atoms with Crippen LogP contribution in [0, 0.1) is 11.3 Å². The zero-order valence-corrected chi connectivity index (χ0v) is 12.3. The molecule has 3 nitrogen and oxygen atoms in total. The Morgan fingerprint density at radius 2 is 1.95 bits per heavy atom. The van der Waals surface area contributed by atoms with E-state index in [1.807, 2.05) is 17.5 Å². The van der Waals surface area contributed by atoms with Crippen LogP contribution in [0.5, 0.6) is 0 Å². The maximum Gasteiger partial charge on any atom is 0.203 e. The van der Waals surface area contributed by atoms with Crippen molar-refractivity contribution in [3.8, 4) is 6.07 Å². The number of hydrogen-bond acceptors (Lipinski definition) is 4. The number of thiophene rings is 1. The molecule has 0 radical (unpaired) electrons. The van der Waals surface area contributed by atoms with Gasteiger partial charge in [0, 0.05) is 16.7 Å². The Morgan fingerprint density at radius 1 is 1.18 bits per heavy atom. The highest BCUT2D eigenvalue weighted by Gasteiger charge is 2.21. The average Bonchev–Trinajstić information content (AvgIpc) is 3.25. The lowest BCUT2D eigenvalue weighted by Gasteiger charge is -2.07. The topological polar surface area (TPSA) is 61.1 Å². The van der Waals surface area contributed by atoms with Gasteiger partial charge in [-0.05, 0) is 35.7 Å². The van der Waals surface area contributed by atoms with Gasteiger partial charge in [0.2, 0.25) is 5.78 Å². The lowest BCUT2D eigenvalue weighted by atomic mass is 9.99. The van der Waals surface area contributed by atoms with E-state index in [0.29, 0.717) is 27.2 Å². The zero-order chi connectivity index (χ0) is 15.5. The fraction of sp³-hybridized carbons (Fsp3) is 0. The number of benzene rings is 1. The van der Waals surface area contributed by atoms with E-state index in [1.54, 1.807) is 48.6 Å². The predicted octanol–water partition coefficient (Wildman–Crippen LogP) is 4.27. The molecule has 0 amide bonds. The van der Waals surface area contributed by atoms with Crippen molar-refractivity contribution in [2.75, 3.05) is 0 Å². The van der Waals surface area contributed by atoms with Gasteiger partial charge in [-0.2, -0.15) is 5.26 Å². The smallest absolute Gasteiger partial charge is 0.203 e. The van der Waals surface area contributed by atoms with Crippen LogP contribution in [0.25, 0.3) is 5.76 Å². The summed E-state index contributed by atoms with van der Waals surface area (Å²) in [5.41, 5.74) is 2.08. The normalized spacial score (nSPS) is 15.3. The lowest BCUT2D eigenvalue weighted by Crippen LogP contribution is -2.03. The monoisotopic (exact) mass is 305 g/mol. The van der Waals surface area contributed by atoms with Crippen LogP contribution in [0.1, 0.15) is 20.8 Å². The molecule has 0 fully saturated rings. The molecule has 22 heavy (non-hydrogen) atoms. The molecule has 0 bridgehead atoms. The van der Waals surface area contributed by atoms with E-state index in [0.717, 1.165) is 0 Å². The SMILES string of the molecule is N#Cc1ccc(/C(O)=C2\C=CC=C2C(=O)c2cccs2)cc1. The first-order chi connectivity index (χ1) is 10.7. The fourth-order valence-electron chi connectivity index (χ4n) is 2.22. The third kappa shape index (κ3) is 2.50. The Bertz CT molecular complexity index is 847. The van der Waals surface area contributed by atoms with E-state index in [9.17, 15) is 9.90 Å². The van der Waals surface area contributed by atoms with Gasteiger partial charge in [0.25, 0.3) is 0 Å². The molecule has 3 rings (SSSR count). The van der Waals surface area contributed by atoms with Crippen molar-refractivity contribution in [1.29, 1.82) is 5.26 Å². The third-order valence-corrected chi connectivity index (χ3v) is 4.22. The molecule has 106 valence electrons. The molecule has 4 heteroatoms. The molecule has 0 saturated heterocycles. The Labute approximate surface area is 131 Å². The zero-order valence-electron chi connectivity index (χ0n) is 11.5. The van der Waals surface area contributed by atoms with Crippen LogP contribution >= 0.6 is 11.3 Å². The van der Waals surface area contributed by atoms with Crippen molar-refractivity contribution in [3.05, 3.63) is 87.2 Å². The van der Waals surface area contributed by atoms with Crippen LogP contribution in [0.3, 0.4) is 0 Å². The van der Waals surface area contributed by atoms with E-state index in [4.69, 9.17) is 5.26 Å². The first-order valence-electron chi connectivity index (χ1n) is 6.61. The highest BCUT2D eigenvalue weighted by molar-refractivity contribution is 7.12. The molecule has 1 aliphatic rings. The van der Waals surface area contributed by atoms with Crippen LogP contribution in [-0.2, 0) is 0 Å². The number of Topliss-reactive ketones (excluding diaryl/α,β-unsaturated/α-hetero) is 1. The number of nitriles is 1. The minimum absolute atomic E-state index is 0.0365. The van der Waals surface area contributed by atoms with Crippen LogP contribution in [0.2, 0.25) is 0 Å². The second-order valence-electron chi connectivity index (χ2n) is 4.70. The van der Waals surface area contributed by atoms with Crippen molar-refractivity contribution >= 4 is 22.9 Å². The van der Waals surface area contributed by atoms with Crippen molar-refractivity contribution in [1.82, 2.24) is 0 Å². The second kappa shape index (κ2) is 5.84. The van der Waals surface area contributed by atoms with E-state index < -0.39 is 0 Å². The molecule has 1 aromatic carbocycles. The quantitative estimate of drug-likeness (QED) is 0.680. The number of allylic oxidation sites excluding steroid dienone is 5. The van der Waals surface area contributed by atoms with Gasteiger partial charge in [-0.25, -0.2) is 0 Å². The summed E-state index contributed by atoms with van der Waals surface area (Å²) in [5, 5.41) is 21.1. The summed E-state index contributed by atoms with van der Waals surface area (Å²) in [4.78, 5) is 13.1. The first-order valence-corrected chi connectivity index (χ1v) is 7.49. The molecular weight excluding hydrogens is 294 g/mol. The minimum atomic E-state index is -0.102. The van der Waals surface area contributed by atoms with Gasteiger partial charge in [-0.3, -0.25) is 4.79 Å². The summed E-state index contributed by atoms with van der Waals surface area (Å²) >= 11 is 1.37. The number of ketones is 1. The molecule has 0 spiro atoms. The summed E-state index contributed by atoms with van der Waals surface area (Å²) in [5.74, 6) is -0.0652. The van der Waals surface area contributed by atoms with Gasteiger partial charge in [0.15, 0.2) is 0 Å². The minimum Gasteiger partial charge on any atom is -0.507 e. The van der Waals surface area contributed by atoms with Gasteiger partial charge in [0.1, 0.15) is 5.76 Å². The van der Waals surface area contributed by atoms with Gasteiger partial charge in [0.05, 0.1) is 16.5 Å². The summed E-state index contributed by atoms with van der Waals surface area (Å²) in [6.07, 6.45) is 5.17. The number of nitrogens with zero attached hydrogens (tertiary/aromatic N) is 1. The molecule has 0 unspecified atom stereocenters. The number of carbonyl (C=O) groups excluding carboxylic acids is 1. The molecule has 1 aromatic heterocycles.